The fourth-order valence-corrected chi connectivity index (χ4v) is 2.66. The lowest BCUT2D eigenvalue weighted by Gasteiger charge is -2.12. The number of rotatable bonds is 4. The van der Waals surface area contributed by atoms with E-state index >= 15 is 0 Å². The zero-order chi connectivity index (χ0) is 15.7. The van der Waals surface area contributed by atoms with Crippen LogP contribution in [0.3, 0.4) is 0 Å². The van der Waals surface area contributed by atoms with Gasteiger partial charge in [0.25, 0.3) is 0 Å². The number of pyridine rings is 1. The molecule has 0 saturated heterocycles. The summed E-state index contributed by atoms with van der Waals surface area (Å²) in [6, 6.07) is 7.93. The van der Waals surface area contributed by atoms with Gasteiger partial charge in [-0.15, -0.1) is 0 Å². The van der Waals surface area contributed by atoms with Gasteiger partial charge in [-0.1, -0.05) is 32.0 Å². The number of benzene rings is 1. The van der Waals surface area contributed by atoms with Gasteiger partial charge in [0.1, 0.15) is 11.3 Å². The Morgan fingerprint density at radius 2 is 2.09 bits per heavy atom. The van der Waals surface area contributed by atoms with Gasteiger partial charge in [0.15, 0.2) is 0 Å². The van der Waals surface area contributed by atoms with Crippen LogP contribution in [-0.4, -0.2) is 25.7 Å². The van der Waals surface area contributed by atoms with Crippen LogP contribution in [0.1, 0.15) is 19.7 Å². The summed E-state index contributed by atoms with van der Waals surface area (Å²) in [6.45, 7) is 5.22. The fourth-order valence-electron chi connectivity index (χ4n) is 2.66. The third-order valence-corrected chi connectivity index (χ3v) is 3.50. The maximum absolute atomic E-state index is 10.8. The first-order valence-corrected chi connectivity index (χ1v) is 7.26. The Labute approximate surface area is 127 Å². The molecular formula is C16H18N4O2. The molecule has 0 fully saturated rings. The monoisotopic (exact) mass is 298 g/mol. The Morgan fingerprint density at radius 3 is 2.82 bits per heavy atom. The average molecular weight is 298 g/mol. The van der Waals surface area contributed by atoms with E-state index in [9.17, 15) is 4.79 Å². The van der Waals surface area contributed by atoms with E-state index in [1.807, 2.05) is 24.3 Å². The van der Waals surface area contributed by atoms with Gasteiger partial charge in [0, 0.05) is 11.9 Å². The van der Waals surface area contributed by atoms with Gasteiger partial charge in [-0.3, -0.25) is 4.98 Å². The molecule has 6 nitrogen and oxygen atoms in total. The topological polar surface area (TPSA) is 80.0 Å². The second kappa shape index (κ2) is 5.63. The maximum atomic E-state index is 10.8. The highest BCUT2D eigenvalue weighted by molar-refractivity contribution is 6.02. The van der Waals surface area contributed by atoms with Gasteiger partial charge in [-0.2, -0.15) is 0 Å². The molecule has 2 heterocycles. The van der Waals surface area contributed by atoms with Gasteiger partial charge in [0.05, 0.1) is 23.8 Å². The number of nitrogens with zero attached hydrogens (tertiary/aromatic N) is 3. The smallest absolute Gasteiger partial charge is 0.405 e. The maximum Gasteiger partial charge on any atom is 0.405 e. The third-order valence-electron chi connectivity index (χ3n) is 3.50. The van der Waals surface area contributed by atoms with Crippen molar-refractivity contribution in [3.63, 3.8) is 0 Å². The van der Waals surface area contributed by atoms with Crippen molar-refractivity contribution in [2.75, 3.05) is 0 Å². The van der Waals surface area contributed by atoms with Crippen LogP contribution in [0, 0.1) is 5.92 Å². The zero-order valence-electron chi connectivity index (χ0n) is 12.6. The van der Waals surface area contributed by atoms with E-state index in [-0.39, 0.29) is 6.54 Å². The van der Waals surface area contributed by atoms with Gasteiger partial charge in [0.2, 0.25) is 0 Å². The Kier molecular flexibility index (Phi) is 3.66. The molecule has 22 heavy (non-hydrogen) atoms. The molecule has 0 spiro atoms. The highest BCUT2D eigenvalue weighted by Crippen LogP contribution is 2.25. The minimum Gasteiger partial charge on any atom is -0.465 e. The number of carbonyl (C=O) groups is 1. The third kappa shape index (κ3) is 2.59. The van der Waals surface area contributed by atoms with Crippen molar-refractivity contribution in [3.8, 4) is 0 Å². The van der Waals surface area contributed by atoms with Crippen LogP contribution < -0.4 is 5.32 Å². The summed E-state index contributed by atoms with van der Waals surface area (Å²) in [5, 5.41) is 12.3. The van der Waals surface area contributed by atoms with E-state index in [2.05, 4.69) is 33.7 Å². The molecule has 0 bridgehead atoms. The van der Waals surface area contributed by atoms with Crippen LogP contribution in [-0.2, 0) is 13.1 Å². The Balaban J connectivity index is 2.22. The number of imidazole rings is 1. The first kappa shape index (κ1) is 14.3. The van der Waals surface area contributed by atoms with Gasteiger partial charge in [-0.05, 0) is 12.0 Å². The lowest BCUT2D eigenvalue weighted by atomic mass is 10.1. The summed E-state index contributed by atoms with van der Waals surface area (Å²) in [5.74, 6) is 1.14. The highest BCUT2D eigenvalue weighted by atomic mass is 16.4. The van der Waals surface area contributed by atoms with Crippen molar-refractivity contribution in [3.05, 3.63) is 36.3 Å². The summed E-state index contributed by atoms with van der Waals surface area (Å²) in [5.41, 5.74) is 2.72. The summed E-state index contributed by atoms with van der Waals surface area (Å²) in [6.07, 6.45) is 0.699. The van der Waals surface area contributed by atoms with Gasteiger partial charge < -0.3 is 15.0 Å². The molecule has 6 heteroatoms. The van der Waals surface area contributed by atoms with E-state index < -0.39 is 6.09 Å². The Bertz CT molecular complexity index is 839. The molecule has 0 saturated carbocycles. The molecule has 2 N–H and O–H groups in total. The molecular weight excluding hydrogens is 280 g/mol. The second-order valence-corrected chi connectivity index (χ2v) is 5.70. The predicted octanol–water partition coefficient (Wildman–Crippen LogP) is 3.01. The standard InChI is InChI=1S/C16H18N4O2/c1-10(2)9-20-14(8-18-16(21)22)19-13-7-17-12-6-4-3-5-11(12)15(13)20/h3-7,10,18H,8-9H2,1-2H3,(H,21,22). The predicted molar refractivity (Wildman–Crippen MR) is 84.7 cm³/mol. The Hall–Kier alpha value is -2.63. The van der Waals surface area contributed by atoms with Gasteiger partial charge in [-0.25, -0.2) is 9.78 Å². The zero-order valence-corrected chi connectivity index (χ0v) is 12.6. The first-order chi connectivity index (χ1) is 10.6. The average Bonchev–Trinajstić information content (AvgIpc) is 2.83. The number of aromatic nitrogens is 3. The molecule has 0 aliphatic carbocycles. The van der Waals surface area contributed by atoms with Crippen LogP contribution in [0.25, 0.3) is 21.9 Å². The van der Waals surface area contributed by atoms with E-state index in [4.69, 9.17) is 5.11 Å². The van der Waals surface area contributed by atoms with Crippen LogP contribution in [0.15, 0.2) is 30.5 Å². The van der Waals surface area contributed by atoms with Crippen LogP contribution >= 0.6 is 0 Å². The number of carboxylic acid groups (broad SMARTS) is 1. The second-order valence-electron chi connectivity index (χ2n) is 5.70. The number of hydrogen-bond acceptors (Lipinski definition) is 3. The molecule has 1 amide bonds. The van der Waals surface area contributed by atoms with Crippen molar-refractivity contribution in [1.82, 2.24) is 19.9 Å². The van der Waals surface area contributed by atoms with Crippen molar-refractivity contribution in [1.29, 1.82) is 0 Å². The van der Waals surface area contributed by atoms with E-state index in [0.29, 0.717) is 11.7 Å². The molecule has 114 valence electrons. The van der Waals surface area contributed by atoms with Crippen molar-refractivity contribution >= 4 is 28.0 Å². The molecule has 0 atom stereocenters. The SMILES string of the molecule is CC(C)Cn1c(CNC(=O)O)nc2cnc3ccccc3c21. The van der Waals surface area contributed by atoms with Crippen molar-refractivity contribution in [2.24, 2.45) is 5.92 Å². The molecule has 2 aromatic heterocycles. The Morgan fingerprint density at radius 1 is 1.32 bits per heavy atom. The summed E-state index contributed by atoms with van der Waals surface area (Å²) < 4.78 is 2.10. The molecule has 3 rings (SSSR count). The number of hydrogen-bond donors (Lipinski definition) is 2. The highest BCUT2D eigenvalue weighted by Gasteiger charge is 2.15. The summed E-state index contributed by atoms with van der Waals surface area (Å²) >= 11 is 0. The summed E-state index contributed by atoms with van der Waals surface area (Å²) in [4.78, 5) is 19.8. The molecule has 0 radical (unpaired) electrons. The largest absolute Gasteiger partial charge is 0.465 e. The molecule has 0 aliphatic heterocycles. The molecule has 3 aromatic rings. The van der Waals surface area contributed by atoms with E-state index in [1.165, 1.54) is 0 Å². The number of amides is 1. The normalized spacial score (nSPS) is 11.4. The van der Waals surface area contributed by atoms with E-state index in [1.54, 1.807) is 6.20 Å². The fraction of sp³-hybridized carbons (Fsp3) is 0.312. The minimum atomic E-state index is -1.05. The molecule has 0 aliphatic rings. The summed E-state index contributed by atoms with van der Waals surface area (Å²) in [7, 11) is 0. The lowest BCUT2D eigenvalue weighted by Crippen LogP contribution is -2.23. The quantitative estimate of drug-likeness (QED) is 0.776. The number of fused-ring (bicyclic) bond motifs is 3. The number of nitrogens with one attached hydrogen (secondary N) is 1. The van der Waals surface area contributed by atoms with Crippen LogP contribution in [0.2, 0.25) is 0 Å². The van der Waals surface area contributed by atoms with Gasteiger partial charge >= 0.3 is 6.09 Å². The minimum absolute atomic E-state index is 0.186. The van der Waals surface area contributed by atoms with Crippen LogP contribution in [0.5, 0.6) is 0 Å². The number of para-hydroxylation sites is 1. The van der Waals surface area contributed by atoms with E-state index in [0.717, 1.165) is 28.5 Å². The lowest BCUT2D eigenvalue weighted by molar-refractivity contribution is 0.193. The molecule has 1 aromatic carbocycles. The molecule has 0 unspecified atom stereocenters. The first-order valence-electron chi connectivity index (χ1n) is 7.26. The van der Waals surface area contributed by atoms with Crippen LogP contribution in [0.4, 0.5) is 4.79 Å². The van der Waals surface area contributed by atoms with Crippen molar-refractivity contribution in [2.45, 2.75) is 26.9 Å². The van der Waals surface area contributed by atoms with Crippen molar-refractivity contribution < 1.29 is 9.90 Å².